The van der Waals surface area contributed by atoms with Gasteiger partial charge in [0.25, 0.3) is 0 Å². The van der Waals surface area contributed by atoms with E-state index in [0.717, 1.165) is 21.6 Å². The van der Waals surface area contributed by atoms with Gasteiger partial charge in [-0.05, 0) is 49.7 Å². The number of hydrogen-bond acceptors (Lipinski definition) is 7. The van der Waals surface area contributed by atoms with Crippen LogP contribution in [0.4, 0.5) is 5.69 Å². The lowest BCUT2D eigenvalue weighted by Gasteiger charge is -2.15. The number of aromatic amines is 1. The van der Waals surface area contributed by atoms with Crippen molar-refractivity contribution in [2.24, 2.45) is 0 Å². The molecule has 1 atom stereocenters. The Morgan fingerprint density at radius 2 is 1.97 bits per heavy atom. The zero-order valence-electron chi connectivity index (χ0n) is 18.7. The molecule has 2 aromatic carbocycles. The highest BCUT2D eigenvalue weighted by molar-refractivity contribution is 8.00. The summed E-state index contributed by atoms with van der Waals surface area (Å²) in [6.45, 7) is 3.51. The zero-order valence-corrected chi connectivity index (χ0v) is 21.1. The Morgan fingerprint density at radius 1 is 1.24 bits per heavy atom. The SMILES string of the molecule is COc1ccc(Cl)cc1-c1nc(SC(C)C(=O)Nc2cc(S(=O)(=O)N(C)C)ccc2C)n[nH]1. The van der Waals surface area contributed by atoms with Crippen molar-refractivity contribution < 1.29 is 17.9 Å². The largest absolute Gasteiger partial charge is 0.496 e. The average Bonchev–Trinajstić information content (AvgIpc) is 3.23. The molecule has 1 amide bonds. The third-order valence-electron chi connectivity index (χ3n) is 4.78. The molecule has 0 radical (unpaired) electrons. The van der Waals surface area contributed by atoms with Gasteiger partial charge in [0.1, 0.15) is 5.75 Å². The molecule has 0 saturated heterocycles. The number of carbonyl (C=O) groups is 1. The molecule has 2 N–H and O–H groups in total. The number of rotatable bonds is 8. The number of carbonyl (C=O) groups excluding carboxylic acids is 1. The second kappa shape index (κ2) is 10.1. The lowest BCUT2D eigenvalue weighted by molar-refractivity contribution is -0.115. The molecule has 9 nitrogen and oxygen atoms in total. The van der Waals surface area contributed by atoms with E-state index < -0.39 is 15.3 Å². The minimum absolute atomic E-state index is 0.0998. The van der Waals surface area contributed by atoms with Crippen molar-refractivity contribution in [3.8, 4) is 17.1 Å². The van der Waals surface area contributed by atoms with E-state index in [1.54, 1.807) is 45.2 Å². The maximum atomic E-state index is 12.8. The monoisotopic (exact) mass is 509 g/mol. The zero-order chi connectivity index (χ0) is 24.3. The fraction of sp³-hybridized carbons (Fsp3) is 0.286. The van der Waals surface area contributed by atoms with Crippen LogP contribution in [-0.2, 0) is 14.8 Å². The molecule has 1 aromatic heterocycles. The Hall–Kier alpha value is -2.60. The minimum atomic E-state index is -3.62. The molecule has 0 bridgehead atoms. The molecular weight excluding hydrogens is 486 g/mol. The summed E-state index contributed by atoms with van der Waals surface area (Å²) in [7, 11) is 0.837. The molecular formula is C21H24ClN5O4S2. The lowest BCUT2D eigenvalue weighted by atomic mass is 10.2. The van der Waals surface area contributed by atoms with Crippen LogP contribution in [0.3, 0.4) is 0 Å². The fourth-order valence-corrected chi connectivity index (χ4v) is 4.66. The van der Waals surface area contributed by atoms with E-state index in [-0.39, 0.29) is 10.8 Å². The Bertz CT molecular complexity index is 1280. The van der Waals surface area contributed by atoms with Crippen molar-refractivity contribution >= 4 is 45.0 Å². The number of halogens is 1. The van der Waals surface area contributed by atoms with Gasteiger partial charge in [-0.25, -0.2) is 17.7 Å². The highest BCUT2D eigenvalue weighted by atomic mass is 35.5. The van der Waals surface area contributed by atoms with Gasteiger partial charge in [-0.2, -0.15) is 0 Å². The topological polar surface area (TPSA) is 117 Å². The van der Waals surface area contributed by atoms with E-state index in [1.165, 1.54) is 26.2 Å². The van der Waals surface area contributed by atoms with Crippen molar-refractivity contribution in [1.82, 2.24) is 19.5 Å². The molecule has 0 saturated carbocycles. The van der Waals surface area contributed by atoms with Crippen molar-refractivity contribution in [3.05, 3.63) is 47.0 Å². The highest BCUT2D eigenvalue weighted by Crippen LogP contribution is 2.32. The van der Waals surface area contributed by atoms with Gasteiger partial charge in [-0.3, -0.25) is 9.89 Å². The summed E-state index contributed by atoms with van der Waals surface area (Å²) in [5, 5.41) is 10.2. The number of anilines is 1. The third kappa shape index (κ3) is 5.67. The average molecular weight is 510 g/mol. The van der Waals surface area contributed by atoms with Gasteiger partial charge in [0.15, 0.2) is 5.82 Å². The molecule has 0 aliphatic heterocycles. The van der Waals surface area contributed by atoms with E-state index in [2.05, 4.69) is 20.5 Å². The van der Waals surface area contributed by atoms with Crippen LogP contribution in [0.25, 0.3) is 11.4 Å². The number of aryl methyl sites for hydroxylation is 1. The molecule has 33 heavy (non-hydrogen) atoms. The standard InChI is InChI=1S/C21H24ClN5O4S2/c1-12-6-8-15(33(29,30)27(3)4)11-17(12)23-20(28)13(2)32-21-24-19(25-26-21)16-10-14(22)7-9-18(16)31-5/h6-11,13H,1-5H3,(H,23,28)(H,24,25,26). The van der Waals surface area contributed by atoms with Gasteiger partial charge in [0.2, 0.25) is 21.1 Å². The van der Waals surface area contributed by atoms with Crippen molar-refractivity contribution in [1.29, 1.82) is 0 Å². The van der Waals surface area contributed by atoms with Gasteiger partial charge < -0.3 is 10.1 Å². The fourth-order valence-electron chi connectivity index (χ4n) is 2.84. The first-order chi connectivity index (χ1) is 15.5. The number of nitrogens with zero attached hydrogens (tertiary/aromatic N) is 3. The summed E-state index contributed by atoms with van der Waals surface area (Å²) >= 11 is 7.25. The summed E-state index contributed by atoms with van der Waals surface area (Å²) in [6.07, 6.45) is 0. The third-order valence-corrected chi connectivity index (χ3v) is 7.79. The van der Waals surface area contributed by atoms with Crippen LogP contribution < -0.4 is 10.1 Å². The molecule has 1 heterocycles. The van der Waals surface area contributed by atoms with Crippen LogP contribution in [0.1, 0.15) is 12.5 Å². The summed E-state index contributed by atoms with van der Waals surface area (Å²) < 4.78 is 31.3. The number of nitrogens with one attached hydrogen (secondary N) is 2. The van der Waals surface area contributed by atoms with E-state index in [1.807, 2.05) is 0 Å². The van der Waals surface area contributed by atoms with Gasteiger partial charge in [0, 0.05) is 24.8 Å². The number of H-pyrrole nitrogens is 1. The predicted molar refractivity (Wildman–Crippen MR) is 129 cm³/mol. The summed E-state index contributed by atoms with van der Waals surface area (Å²) in [4.78, 5) is 17.3. The molecule has 12 heteroatoms. The van der Waals surface area contributed by atoms with E-state index in [9.17, 15) is 13.2 Å². The quantitative estimate of drug-likeness (QED) is 0.443. The number of aromatic nitrogens is 3. The Morgan fingerprint density at radius 3 is 2.64 bits per heavy atom. The van der Waals surface area contributed by atoms with Crippen LogP contribution in [0, 0.1) is 6.92 Å². The summed E-state index contributed by atoms with van der Waals surface area (Å²) in [6, 6.07) is 9.78. The number of benzene rings is 2. The Labute approximate surface area is 201 Å². The van der Waals surface area contributed by atoms with Crippen LogP contribution in [0.2, 0.25) is 5.02 Å². The van der Waals surface area contributed by atoms with Crippen molar-refractivity contribution in [3.63, 3.8) is 0 Å². The number of hydrogen-bond donors (Lipinski definition) is 2. The van der Waals surface area contributed by atoms with Crippen LogP contribution in [0.5, 0.6) is 5.75 Å². The molecule has 176 valence electrons. The van der Waals surface area contributed by atoms with Gasteiger partial charge in [-0.1, -0.05) is 29.4 Å². The summed E-state index contributed by atoms with van der Waals surface area (Å²) in [5.41, 5.74) is 1.82. The van der Waals surface area contributed by atoms with Gasteiger partial charge in [0.05, 0.1) is 22.8 Å². The maximum absolute atomic E-state index is 12.8. The molecule has 0 aliphatic rings. The van der Waals surface area contributed by atoms with Crippen molar-refractivity contribution in [2.75, 3.05) is 26.5 Å². The van der Waals surface area contributed by atoms with E-state index in [4.69, 9.17) is 16.3 Å². The second-order valence-corrected chi connectivity index (χ2v) is 11.2. The highest BCUT2D eigenvalue weighted by Gasteiger charge is 2.22. The number of thioether (sulfide) groups is 1. The van der Waals surface area contributed by atoms with Crippen molar-refractivity contribution in [2.45, 2.75) is 29.1 Å². The lowest BCUT2D eigenvalue weighted by Crippen LogP contribution is -2.24. The molecule has 0 aliphatic carbocycles. The predicted octanol–water partition coefficient (Wildman–Crippen LogP) is 3.81. The van der Waals surface area contributed by atoms with Gasteiger partial charge >= 0.3 is 0 Å². The Balaban J connectivity index is 1.75. The molecule has 1 unspecified atom stereocenters. The number of methoxy groups -OCH3 is 1. The molecule has 3 aromatic rings. The molecule has 3 rings (SSSR count). The normalized spacial score (nSPS) is 12.6. The second-order valence-electron chi connectivity index (χ2n) is 7.32. The first-order valence-electron chi connectivity index (χ1n) is 9.80. The molecule has 0 fully saturated rings. The van der Waals surface area contributed by atoms with Crippen LogP contribution in [-0.4, -0.2) is 60.3 Å². The Kier molecular flexibility index (Phi) is 7.68. The smallest absolute Gasteiger partial charge is 0.242 e. The number of sulfonamides is 1. The molecule has 0 spiro atoms. The number of amides is 1. The first kappa shape index (κ1) is 25.0. The van der Waals surface area contributed by atoms with E-state index in [0.29, 0.717) is 33.0 Å². The van der Waals surface area contributed by atoms with Crippen LogP contribution >= 0.6 is 23.4 Å². The van der Waals surface area contributed by atoms with Crippen LogP contribution in [0.15, 0.2) is 46.5 Å². The van der Waals surface area contributed by atoms with E-state index >= 15 is 0 Å². The first-order valence-corrected chi connectivity index (χ1v) is 12.5. The number of ether oxygens (including phenoxy) is 1. The maximum Gasteiger partial charge on any atom is 0.242 e. The minimum Gasteiger partial charge on any atom is -0.496 e. The van der Waals surface area contributed by atoms with Gasteiger partial charge in [-0.15, -0.1) is 5.10 Å². The summed E-state index contributed by atoms with van der Waals surface area (Å²) in [5.74, 6) is 0.733.